The zero-order valence-corrected chi connectivity index (χ0v) is 16.0. The topological polar surface area (TPSA) is 53.4 Å². The Morgan fingerprint density at radius 2 is 2.15 bits per heavy atom. The monoisotopic (exact) mass is 370 g/mol. The van der Waals surface area contributed by atoms with E-state index in [4.69, 9.17) is 0 Å². The van der Waals surface area contributed by atoms with E-state index in [-0.39, 0.29) is 11.8 Å². The van der Waals surface area contributed by atoms with Crippen molar-refractivity contribution in [1.29, 1.82) is 0 Å². The number of rotatable bonds is 4. The van der Waals surface area contributed by atoms with Crippen LogP contribution >= 0.6 is 11.3 Å². The van der Waals surface area contributed by atoms with E-state index in [9.17, 15) is 9.90 Å². The number of benzene rings is 1. The van der Waals surface area contributed by atoms with Crippen LogP contribution in [0.2, 0.25) is 0 Å². The maximum Gasteiger partial charge on any atom is 0.273 e. The molecule has 1 saturated carbocycles. The summed E-state index contributed by atoms with van der Waals surface area (Å²) in [7, 11) is 0. The van der Waals surface area contributed by atoms with Gasteiger partial charge < -0.3 is 10.0 Å². The van der Waals surface area contributed by atoms with E-state index in [1.54, 1.807) is 11.3 Å². The van der Waals surface area contributed by atoms with Gasteiger partial charge in [0.1, 0.15) is 5.69 Å². The van der Waals surface area contributed by atoms with Gasteiger partial charge in [-0.3, -0.25) is 4.79 Å². The molecular formula is C21H26N2O2S. The summed E-state index contributed by atoms with van der Waals surface area (Å²) < 4.78 is 0. The first-order valence-corrected chi connectivity index (χ1v) is 10.5. The summed E-state index contributed by atoms with van der Waals surface area (Å²) in [6.45, 7) is 3.49. The van der Waals surface area contributed by atoms with Crippen LogP contribution in [0.5, 0.6) is 0 Å². The SMILES string of the molecule is CC[C@]1(O)CCC[C@H]2CN(C(=O)c3csc(Cc4ccccc4)n3)C[C@H]21. The van der Waals surface area contributed by atoms with Crippen molar-refractivity contribution in [1.82, 2.24) is 9.88 Å². The van der Waals surface area contributed by atoms with Crippen LogP contribution < -0.4 is 0 Å². The van der Waals surface area contributed by atoms with E-state index in [0.29, 0.717) is 18.2 Å². The van der Waals surface area contributed by atoms with Crippen molar-refractivity contribution >= 4 is 17.2 Å². The highest BCUT2D eigenvalue weighted by molar-refractivity contribution is 7.09. The summed E-state index contributed by atoms with van der Waals surface area (Å²) in [6.07, 6.45) is 4.58. The second-order valence-corrected chi connectivity index (χ2v) is 8.66. The summed E-state index contributed by atoms with van der Waals surface area (Å²) in [6, 6.07) is 10.2. The molecule has 2 aromatic rings. The molecule has 3 atom stereocenters. The van der Waals surface area contributed by atoms with E-state index in [1.807, 2.05) is 28.5 Å². The van der Waals surface area contributed by atoms with Gasteiger partial charge in [0.2, 0.25) is 0 Å². The zero-order chi connectivity index (χ0) is 18.1. The summed E-state index contributed by atoms with van der Waals surface area (Å²) >= 11 is 1.55. The van der Waals surface area contributed by atoms with Crippen LogP contribution in [0.25, 0.3) is 0 Å². The van der Waals surface area contributed by atoms with E-state index < -0.39 is 5.60 Å². The number of aliphatic hydroxyl groups is 1. The van der Waals surface area contributed by atoms with Gasteiger partial charge in [-0.15, -0.1) is 11.3 Å². The molecule has 138 valence electrons. The van der Waals surface area contributed by atoms with Gasteiger partial charge in [-0.25, -0.2) is 4.98 Å². The van der Waals surface area contributed by atoms with E-state index in [0.717, 1.165) is 43.7 Å². The van der Waals surface area contributed by atoms with Crippen molar-refractivity contribution in [2.45, 2.75) is 44.6 Å². The Morgan fingerprint density at radius 1 is 1.35 bits per heavy atom. The van der Waals surface area contributed by atoms with Crippen molar-refractivity contribution in [3.8, 4) is 0 Å². The molecule has 1 aromatic heterocycles. The molecule has 2 aliphatic rings. The summed E-state index contributed by atoms with van der Waals surface area (Å²) in [5.74, 6) is 0.668. The predicted molar refractivity (Wildman–Crippen MR) is 103 cm³/mol. The minimum absolute atomic E-state index is 0.0217. The summed E-state index contributed by atoms with van der Waals surface area (Å²) in [4.78, 5) is 19.5. The van der Waals surface area contributed by atoms with Crippen molar-refractivity contribution < 1.29 is 9.90 Å². The molecule has 0 bridgehead atoms. The molecule has 0 spiro atoms. The standard InChI is InChI=1S/C21H26N2O2S/c1-2-21(25)10-6-9-16-12-23(13-17(16)21)20(24)18-14-26-19(22-18)11-15-7-4-3-5-8-15/h3-5,7-8,14,16-17,25H,2,6,9-13H2,1H3/t16-,17+,21-/m0/s1. The first kappa shape index (κ1) is 17.7. The molecule has 5 heteroatoms. The molecule has 0 radical (unpaired) electrons. The molecule has 1 N–H and O–H groups in total. The van der Waals surface area contributed by atoms with Crippen molar-refractivity contribution in [2.24, 2.45) is 11.8 Å². The van der Waals surface area contributed by atoms with Gasteiger partial charge in [0.05, 0.1) is 10.6 Å². The lowest BCUT2D eigenvalue weighted by atomic mass is 9.69. The fourth-order valence-corrected chi connectivity index (χ4v) is 5.46. The van der Waals surface area contributed by atoms with Gasteiger partial charge in [0.25, 0.3) is 5.91 Å². The third-order valence-electron chi connectivity index (χ3n) is 6.18. The first-order valence-electron chi connectivity index (χ1n) is 9.59. The van der Waals surface area contributed by atoms with Crippen LogP contribution in [0.1, 0.15) is 53.7 Å². The third-order valence-corrected chi connectivity index (χ3v) is 7.03. The van der Waals surface area contributed by atoms with Gasteiger partial charge in [0, 0.05) is 30.8 Å². The Morgan fingerprint density at radius 3 is 2.92 bits per heavy atom. The van der Waals surface area contributed by atoms with Crippen molar-refractivity contribution in [3.05, 3.63) is 52.0 Å². The first-order chi connectivity index (χ1) is 12.6. The number of nitrogens with zero attached hydrogens (tertiary/aromatic N) is 2. The maximum atomic E-state index is 12.9. The maximum absolute atomic E-state index is 12.9. The Balaban J connectivity index is 1.45. The number of aromatic nitrogens is 1. The molecule has 2 fully saturated rings. The Kier molecular flexibility index (Phi) is 4.84. The predicted octanol–water partition coefficient (Wildman–Crippen LogP) is 3.75. The second-order valence-electron chi connectivity index (χ2n) is 7.71. The van der Waals surface area contributed by atoms with Crippen LogP contribution in [0.15, 0.2) is 35.7 Å². The zero-order valence-electron chi connectivity index (χ0n) is 15.2. The highest BCUT2D eigenvalue weighted by Gasteiger charge is 2.48. The van der Waals surface area contributed by atoms with Crippen LogP contribution in [0.4, 0.5) is 0 Å². The van der Waals surface area contributed by atoms with Crippen LogP contribution in [-0.2, 0) is 6.42 Å². The fraction of sp³-hybridized carbons (Fsp3) is 0.524. The molecule has 2 heterocycles. The van der Waals surface area contributed by atoms with E-state index in [2.05, 4.69) is 24.0 Å². The Labute approximate surface area is 158 Å². The summed E-state index contributed by atoms with van der Waals surface area (Å²) in [5.41, 5.74) is 1.17. The fourth-order valence-electron chi connectivity index (χ4n) is 4.66. The van der Waals surface area contributed by atoms with Crippen LogP contribution in [0, 0.1) is 11.8 Å². The molecule has 4 nitrogen and oxygen atoms in total. The lowest BCUT2D eigenvalue weighted by Crippen LogP contribution is -2.44. The van der Waals surface area contributed by atoms with Gasteiger partial charge in [-0.1, -0.05) is 43.7 Å². The molecule has 4 rings (SSSR count). The highest BCUT2D eigenvalue weighted by atomic mass is 32.1. The average molecular weight is 371 g/mol. The number of carbonyl (C=O) groups excluding carboxylic acids is 1. The molecule has 0 unspecified atom stereocenters. The number of fused-ring (bicyclic) bond motifs is 1. The van der Waals surface area contributed by atoms with E-state index in [1.165, 1.54) is 5.56 Å². The molecule has 1 saturated heterocycles. The minimum atomic E-state index is -0.599. The molecular weight excluding hydrogens is 344 g/mol. The number of hydrogen-bond donors (Lipinski definition) is 1. The average Bonchev–Trinajstić information content (AvgIpc) is 3.30. The van der Waals surface area contributed by atoms with Crippen molar-refractivity contribution in [3.63, 3.8) is 0 Å². The smallest absolute Gasteiger partial charge is 0.273 e. The quantitative estimate of drug-likeness (QED) is 0.892. The van der Waals surface area contributed by atoms with Gasteiger partial charge in [-0.05, 0) is 30.7 Å². The van der Waals surface area contributed by atoms with E-state index >= 15 is 0 Å². The highest BCUT2D eigenvalue weighted by Crippen LogP contribution is 2.44. The van der Waals surface area contributed by atoms with Crippen LogP contribution in [0.3, 0.4) is 0 Å². The second kappa shape index (κ2) is 7.12. The molecule has 1 aliphatic carbocycles. The number of amides is 1. The van der Waals surface area contributed by atoms with Crippen molar-refractivity contribution in [2.75, 3.05) is 13.1 Å². The molecule has 1 amide bonds. The number of likely N-dealkylation sites (tertiary alicyclic amines) is 1. The van der Waals surface area contributed by atoms with Gasteiger partial charge in [0.15, 0.2) is 0 Å². The third kappa shape index (κ3) is 3.30. The Hall–Kier alpha value is -1.72. The summed E-state index contributed by atoms with van der Waals surface area (Å²) in [5, 5.41) is 13.8. The lowest BCUT2D eigenvalue weighted by Gasteiger charge is -2.40. The Bertz CT molecular complexity index is 775. The van der Waals surface area contributed by atoms with Gasteiger partial charge in [-0.2, -0.15) is 0 Å². The number of thiazole rings is 1. The molecule has 26 heavy (non-hydrogen) atoms. The minimum Gasteiger partial charge on any atom is -0.390 e. The molecule has 1 aliphatic heterocycles. The van der Waals surface area contributed by atoms with Crippen LogP contribution in [-0.4, -0.2) is 39.6 Å². The lowest BCUT2D eigenvalue weighted by molar-refractivity contribution is -0.0609. The number of hydrogen-bond acceptors (Lipinski definition) is 4. The largest absolute Gasteiger partial charge is 0.390 e. The molecule has 1 aromatic carbocycles. The van der Waals surface area contributed by atoms with Gasteiger partial charge >= 0.3 is 0 Å². The number of carbonyl (C=O) groups is 1. The normalized spacial score (nSPS) is 28.2.